The average Bonchev–Trinajstić information content (AvgIpc) is 2.41. The lowest BCUT2D eigenvalue weighted by atomic mass is 9.98. The first kappa shape index (κ1) is 13.0. The molecular formula is C16H17ClO. The maximum absolute atomic E-state index is 6.58. The topological polar surface area (TPSA) is 9.23 Å². The zero-order valence-corrected chi connectivity index (χ0v) is 11.7. The van der Waals surface area contributed by atoms with E-state index in [-0.39, 0.29) is 5.38 Å². The van der Waals surface area contributed by atoms with Crippen molar-refractivity contribution < 1.29 is 4.74 Å². The van der Waals surface area contributed by atoms with Crippen molar-refractivity contribution in [1.29, 1.82) is 0 Å². The fraction of sp³-hybridized carbons (Fsp3) is 0.250. The number of benzene rings is 2. The van der Waals surface area contributed by atoms with E-state index in [4.69, 9.17) is 16.3 Å². The van der Waals surface area contributed by atoms with Crippen LogP contribution < -0.4 is 4.74 Å². The van der Waals surface area contributed by atoms with Crippen LogP contribution in [0, 0.1) is 13.8 Å². The fourth-order valence-electron chi connectivity index (χ4n) is 2.01. The Morgan fingerprint density at radius 3 is 2.56 bits per heavy atom. The third-order valence-electron chi connectivity index (χ3n) is 3.09. The molecule has 0 heterocycles. The average molecular weight is 261 g/mol. The van der Waals surface area contributed by atoms with Crippen LogP contribution in [-0.2, 0) is 0 Å². The zero-order valence-electron chi connectivity index (χ0n) is 10.9. The maximum Gasteiger partial charge on any atom is 0.119 e. The van der Waals surface area contributed by atoms with Crippen LogP contribution in [0.1, 0.15) is 27.6 Å². The molecule has 0 saturated heterocycles. The molecule has 0 aliphatic carbocycles. The van der Waals surface area contributed by atoms with Gasteiger partial charge in [0.05, 0.1) is 12.5 Å². The van der Waals surface area contributed by atoms with Crippen LogP contribution in [0.25, 0.3) is 0 Å². The molecule has 0 N–H and O–H groups in total. The van der Waals surface area contributed by atoms with Gasteiger partial charge >= 0.3 is 0 Å². The molecule has 1 unspecified atom stereocenters. The van der Waals surface area contributed by atoms with E-state index in [1.807, 2.05) is 24.3 Å². The van der Waals surface area contributed by atoms with Gasteiger partial charge in [0, 0.05) is 0 Å². The molecule has 0 amide bonds. The van der Waals surface area contributed by atoms with Crippen molar-refractivity contribution in [3.05, 3.63) is 64.7 Å². The summed E-state index contributed by atoms with van der Waals surface area (Å²) in [6.45, 7) is 4.17. The van der Waals surface area contributed by atoms with Gasteiger partial charge in [0.15, 0.2) is 0 Å². The Morgan fingerprint density at radius 2 is 1.83 bits per heavy atom. The Labute approximate surface area is 113 Å². The van der Waals surface area contributed by atoms with Crippen LogP contribution in [-0.4, -0.2) is 7.11 Å². The fourth-order valence-corrected chi connectivity index (χ4v) is 2.38. The number of ether oxygens (including phenoxy) is 1. The van der Waals surface area contributed by atoms with E-state index in [1.54, 1.807) is 7.11 Å². The van der Waals surface area contributed by atoms with Gasteiger partial charge < -0.3 is 4.74 Å². The van der Waals surface area contributed by atoms with Crippen molar-refractivity contribution in [2.75, 3.05) is 7.11 Å². The summed E-state index contributed by atoms with van der Waals surface area (Å²) in [7, 11) is 1.67. The van der Waals surface area contributed by atoms with E-state index in [2.05, 4.69) is 32.0 Å². The van der Waals surface area contributed by atoms with Crippen LogP contribution in [0.3, 0.4) is 0 Å². The van der Waals surface area contributed by atoms with Gasteiger partial charge in [-0.1, -0.05) is 35.9 Å². The summed E-state index contributed by atoms with van der Waals surface area (Å²) in [5, 5.41) is -0.139. The molecule has 18 heavy (non-hydrogen) atoms. The molecule has 0 aliphatic heterocycles. The molecule has 2 aromatic carbocycles. The highest BCUT2D eigenvalue weighted by Crippen LogP contribution is 2.33. The number of alkyl halides is 1. The predicted molar refractivity (Wildman–Crippen MR) is 76.6 cm³/mol. The Morgan fingerprint density at radius 1 is 1.06 bits per heavy atom. The van der Waals surface area contributed by atoms with Gasteiger partial charge in [-0.3, -0.25) is 0 Å². The monoisotopic (exact) mass is 260 g/mol. The van der Waals surface area contributed by atoms with Gasteiger partial charge in [-0.25, -0.2) is 0 Å². The summed E-state index contributed by atoms with van der Waals surface area (Å²) in [6.07, 6.45) is 0. The Kier molecular flexibility index (Phi) is 3.93. The molecular weight excluding hydrogens is 244 g/mol. The molecule has 0 bridgehead atoms. The Bertz CT molecular complexity index is 549. The standard InChI is InChI=1S/C16H17ClO/c1-11-7-8-12(2)15(9-11)16(17)13-5-4-6-14(10-13)18-3/h4-10,16H,1-3H3. The molecule has 2 rings (SSSR count). The lowest BCUT2D eigenvalue weighted by molar-refractivity contribution is 0.414. The number of hydrogen-bond acceptors (Lipinski definition) is 1. The van der Waals surface area contributed by atoms with Crippen molar-refractivity contribution in [3.63, 3.8) is 0 Å². The summed E-state index contributed by atoms with van der Waals surface area (Å²) in [4.78, 5) is 0. The molecule has 2 aromatic rings. The first-order chi connectivity index (χ1) is 8.61. The summed E-state index contributed by atoms with van der Waals surface area (Å²) in [5.74, 6) is 0.837. The van der Waals surface area contributed by atoms with Gasteiger partial charge in [0.25, 0.3) is 0 Å². The van der Waals surface area contributed by atoms with E-state index in [0.717, 1.165) is 16.9 Å². The summed E-state index contributed by atoms with van der Waals surface area (Å²) >= 11 is 6.58. The molecule has 2 heteroatoms. The number of methoxy groups -OCH3 is 1. The smallest absolute Gasteiger partial charge is 0.119 e. The first-order valence-corrected chi connectivity index (χ1v) is 6.40. The van der Waals surface area contributed by atoms with Gasteiger partial charge in [-0.05, 0) is 42.7 Å². The predicted octanol–water partition coefficient (Wildman–Crippen LogP) is 4.64. The molecule has 0 aromatic heterocycles. The van der Waals surface area contributed by atoms with Crippen LogP contribution in [0.2, 0.25) is 0 Å². The van der Waals surface area contributed by atoms with E-state index < -0.39 is 0 Å². The third kappa shape index (κ3) is 2.68. The van der Waals surface area contributed by atoms with Gasteiger partial charge in [-0.2, -0.15) is 0 Å². The van der Waals surface area contributed by atoms with Crippen LogP contribution in [0.4, 0.5) is 0 Å². The van der Waals surface area contributed by atoms with Gasteiger partial charge in [0.1, 0.15) is 5.75 Å². The third-order valence-corrected chi connectivity index (χ3v) is 3.58. The van der Waals surface area contributed by atoms with Crippen LogP contribution in [0.5, 0.6) is 5.75 Å². The Balaban J connectivity index is 2.40. The zero-order chi connectivity index (χ0) is 13.1. The minimum atomic E-state index is -0.139. The van der Waals surface area contributed by atoms with E-state index in [9.17, 15) is 0 Å². The normalized spacial score (nSPS) is 12.2. The van der Waals surface area contributed by atoms with Crippen LogP contribution >= 0.6 is 11.6 Å². The SMILES string of the molecule is COc1cccc(C(Cl)c2cc(C)ccc2C)c1. The molecule has 1 nitrogen and oxygen atoms in total. The lowest BCUT2D eigenvalue weighted by Gasteiger charge is -2.15. The molecule has 0 radical (unpaired) electrons. The van der Waals surface area contributed by atoms with E-state index >= 15 is 0 Å². The second-order valence-corrected chi connectivity index (χ2v) is 4.94. The molecule has 0 saturated carbocycles. The molecule has 0 aliphatic rings. The van der Waals surface area contributed by atoms with Crippen molar-refractivity contribution in [2.24, 2.45) is 0 Å². The maximum atomic E-state index is 6.58. The molecule has 0 spiro atoms. The second kappa shape index (κ2) is 5.45. The largest absolute Gasteiger partial charge is 0.497 e. The quantitative estimate of drug-likeness (QED) is 0.731. The summed E-state index contributed by atoms with van der Waals surface area (Å²) < 4.78 is 5.24. The van der Waals surface area contributed by atoms with Crippen molar-refractivity contribution in [2.45, 2.75) is 19.2 Å². The number of halogens is 1. The molecule has 0 fully saturated rings. The molecule has 94 valence electrons. The van der Waals surface area contributed by atoms with Crippen LogP contribution in [0.15, 0.2) is 42.5 Å². The van der Waals surface area contributed by atoms with Gasteiger partial charge in [0.2, 0.25) is 0 Å². The van der Waals surface area contributed by atoms with Crippen molar-refractivity contribution in [1.82, 2.24) is 0 Å². The number of hydrogen-bond donors (Lipinski definition) is 0. The number of rotatable bonds is 3. The second-order valence-electron chi connectivity index (χ2n) is 4.50. The highest BCUT2D eigenvalue weighted by molar-refractivity contribution is 6.22. The molecule has 1 atom stereocenters. The minimum absolute atomic E-state index is 0.139. The van der Waals surface area contributed by atoms with Crippen molar-refractivity contribution in [3.8, 4) is 5.75 Å². The summed E-state index contributed by atoms with van der Waals surface area (Å²) in [5.41, 5.74) is 4.65. The van der Waals surface area contributed by atoms with Crippen molar-refractivity contribution >= 4 is 11.6 Å². The minimum Gasteiger partial charge on any atom is -0.497 e. The highest BCUT2D eigenvalue weighted by atomic mass is 35.5. The highest BCUT2D eigenvalue weighted by Gasteiger charge is 2.13. The van der Waals surface area contributed by atoms with E-state index in [1.165, 1.54) is 11.1 Å². The lowest BCUT2D eigenvalue weighted by Crippen LogP contribution is -1.97. The summed E-state index contributed by atoms with van der Waals surface area (Å²) in [6, 6.07) is 14.3. The Hall–Kier alpha value is -1.47. The first-order valence-electron chi connectivity index (χ1n) is 5.97. The van der Waals surface area contributed by atoms with E-state index in [0.29, 0.717) is 0 Å². The number of aryl methyl sites for hydroxylation is 2. The van der Waals surface area contributed by atoms with Gasteiger partial charge in [-0.15, -0.1) is 11.6 Å².